The normalized spacial score (nSPS) is 10.5. The van der Waals surface area contributed by atoms with Crippen molar-refractivity contribution in [3.05, 3.63) is 29.8 Å². The highest BCUT2D eigenvalue weighted by Gasteiger charge is 2.11. The summed E-state index contributed by atoms with van der Waals surface area (Å²) in [6.07, 6.45) is 1.67. The number of nitrogens with one attached hydrogen (secondary N) is 1. The van der Waals surface area contributed by atoms with Crippen molar-refractivity contribution in [1.82, 2.24) is 20.1 Å². The van der Waals surface area contributed by atoms with Crippen molar-refractivity contribution in [3.8, 4) is 17.2 Å². The number of aromatic nitrogens is 3. The van der Waals surface area contributed by atoms with E-state index < -0.39 is 0 Å². The molecule has 0 aliphatic rings. The number of nitrogens with zero attached hydrogens (tertiary/aromatic N) is 3. The van der Waals surface area contributed by atoms with Crippen molar-refractivity contribution in [2.24, 2.45) is 7.05 Å². The molecule has 2 rings (SSSR count). The first-order valence-corrected chi connectivity index (χ1v) is 6.52. The lowest BCUT2D eigenvalue weighted by Crippen LogP contribution is -2.15. The zero-order chi connectivity index (χ0) is 15.2. The second kappa shape index (κ2) is 6.94. The molecule has 0 amide bonds. The van der Waals surface area contributed by atoms with E-state index in [1.165, 1.54) is 0 Å². The average molecular weight is 292 g/mol. The lowest BCUT2D eigenvalue weighted by molar-refractivity contribution is 0.347. The molecule has 0 saturated carbocycles. The standard InChI is InChI=1S/C14H20N4O3/c1-18-9-16-14(17-18)8-15-7-10-5-12(20-3)13(21-4)6-11(10)19-2/h5-6,9,15H,7-8H2,1-4H3. The molecule has 114 valence electrons. The molecule has 1 aromatic carbocycles. The molecule has 7 nitrogen and oxygen atoms in total. The third-order valence-corrected chi connectivity index (χ3v) is 3.03. The Bertz CT molecular complexity index is 598. The molecular formula is C14H20N4O3. The average Bonchev–Trinajstić information content (AvgIpc) is 2.92. The molecule has 0 spiro atoms. The van der Waals surface area contributed by atoms with Gasteiger partial charge in [-0.1, -0.05) is 0 Å². The van der Waals surface area contributed by atoms with Gasteiger partial charge < -0.3 is 19.5 Å². The van der Waals surface area contributed by atoms with E-state index in [-0.39, 0.29) is 0 Å². The molecular weight excluding hydrogens is 272 g/mol. The maximum Gasteiger partial charge on any atom is 0.164 e. The van der Waals surface area contributed by atoms with Gasteiger partial charge in [-0.05, 0) is 6.07 Å². The van der Waals surface area contributed by atoms with Gasteiger partial charge in [-0.15, -0.1) is 0 Å². The number of methoxy groups -OCH3 is 3. The molecule has 7 heteroatoms. The lowest BCUT2D eigenvalue weighted by atomic mass is 10.1. The van der Waals surface area contributed by atoms with Crippen LogP contribution in [0.4, 0.5) is 0 Å². The SMILES string of the molecule is COc1cc(OC)c(OC)cc1CNCc1ncn(C)n1. The zero-order valence-electron chi connectivity index (χ0n) is 12.7. The van der Waals surface area contributed by atoms with Crippen LogP contribution in [0.15, 0.2) is 18.5 Å². The van der Waals surface area contributed by atoms with Gasteiger partial charge in [0.15, 0.2) is 17.3 Å². The zero-order valence-corrected chi connectivity index (χ0v) is 12.7. The fourth-order valence-corrected chi connectivity index (χ4v) is 2.00. The summed E-state index contributed by atoms with van der Waals surface area (Å²) in [7, 11) is 6.68. The summed E-state index contributed by atoms with van der Waals surface area (Å²) in [5.41, 5.74) is 0.978. The van der Waals surface area contributed by atoms with E-state index in [0.29, 0.717) is 24.6 Å². The van der Waals surface area contributed by atoms with E-state index >= 15 is 0 Å². The maximum atomic E-state index is 5.38. The summed E-state index contributed by atoms with van der Waals surface area (Å²) >= 11 is 0. The number of rotatable bonds is 7. The van der Waals surface area contributed by atoms with Gasteiger partial charge in [0.1, 0.15) is 12.1 Å². The first-order valence-electron chi connectivity index (χ1n) is 6.52. The lowest BCUT2D eigenvalue weighted by Gasteiger charge is -2.14. The van der Waals surface area contributed by atoms with Crippen molar-refractivity contribution < 1.29 is 14.2 Å². The Hall–Kier alpha value is -2.28. The quantitative estimate of drug-likeness (QED) is 0.825. The Balaban J connectivity index is 2.07. The van der Waals surface area contributed by atoms with Crippen molar-refractivity contribution in [2.75, 3.05) is 21.3 Å². The van der Waals surface area contributed by atoms with E-state index in [1.54, 1.807) is 32.3 Å². The van der Waals surface area contributed by atoms with Gasteiger partial charge in [0.05, 0.1) is 27.9 Å². The summed E-state index contributed by atoms with van der Waals surface area (Å²) in [6.45, 7) is 1.19. The van der Waals surface area contributed by atoms with Crippen LogP contribution in [-0.4, -0.2) is 36.1 Å². The molecule has 0 saturated heterocycles. The molecule has 1 heterocycles. The van der Waals surface area contributed by atoms with Crippen molar-refractivity contribution in [3.63, 3.8) is 0 Å². The third-order valence-electron chi connectivity index (χ3n) is 3.03. The fraction of sp³-hybridized carbons (Fsp3) is 0.429. The minimum atomic E-state index is 0.582. The van der Waals surface area contributed by atoms with Crippen LogP contribution >= 0.6 is 0 Å². The molecule has 2 aromatic rings. The predicted molar refractivity (Wildman–Crippen MR) is 77.6 cm³/mol. The molecule has 0 radical (unpaired) electrons. The van der Waals surface area contributed by atoms with Crippen LogP contribution in [0.25, 0.3) is 0 Å². The van der Waals surface area contributed by atoms with Crippen LogP contribution in [0.3, 0.4) is 0 Å². The minimum Gasteiger partial charge on any atom is -0.496 e. The van der Waals surface area contributed by atoms with Gasteiger partial charge in [-0.3, -0.25) is 4.68 Å². The van der Waals surface area contributed by atoms with Crippen LogP contribution in [-0.2, 0) is 20.1 Å². The summed E-state index contributed by atoms with van der Waals surface area (Å²) in [6, 6.07) is 3.71. The van der Waals surface area contributed by atoms with Gasteiger partial charge >= 0.3 is 0 Å². The van der Waals surface area contributed by atoms with E-state index in [9.17, 15) is 0 Å². The van der Waals surface area contributed by atoms with Crippen molar-refractivity contribution >= 4 is 0 Å². The van der Waals surface area contributed by atoms with Crippen LogP contribution < -0.4 is 19.5 Å². The topological polar surface area (TPSA) is 70.4 Å². The number of aryl methyl sites for hydroxylation is 1. The molecule has 0 unspecified atom stereocenters. The predicted octanol–water partition coefficient (Wildman–Crippen LogP) is 1.13. The number of hydrogen-bond acceptors (Lipinski definition) is 6. The fourth-order valence-electron chi connectivity index (χ4n) is 2.00. The molecule has 21 heavy (non-hydrogen) atoms. The van der Waals surface area contributed by atoms with Gasteiger partial charge in [0.2, 0.25) is 0 Å². The van der Waals surface area contributed by atoms with Crippen LogP contribution in [0, 0.1) is 0 Å². The van der Waals surface area contributed by atoms with E-state index in [0.717, 1.165) is 17.1 Å². The van der Waals surface area contributed by atoms with E-state index in [2.05, 4.69) is 15.4 Å². The Morgan fingerprint density at radius 2 is 1.67 bits per heavy atom. The largest absolute Gasteiger partial charge is 0.496 e. The highest BCUT2D eigenvalue weighted by atomic mass is 16.5. The van der Waals surface area contributed by atoms with Crippen molar-refractivity contribution in [2.45, 2.75) is 13.1 Å². The van der Waals surface area contributed by atoms with Crippen LogP contribution in [0.2, 0.25) is 0 Å². The Morgan fingerprint density at radius 1 is 1.00 bits per heavy atom. The molecule has 0 atom stereocenters. The van der Waals surface area contributed by atoms with E-state index in [1.807, 2.05) is 19.2 Å². The molecule has 0 bridgehead atoms. The first kappa shape index (κ1) is 15.1. The third kappa shape index (κ3) is 3.63. The summed E-state index contributed by atoms with van der Waals surface area (Å²) in [5, 5.41) is 7.49. The summed E-state index contributed by atoms with van der Waals surface area (Å²) in [4.78, 5) is 4.16. The minimum absolute atomic E-state index is 0.582. The Kier molecular flexibility index (Phi) is 4.99. The van der Waals surface area contributed by atoms with Crippen LogP contribution in [0.1, 0.15) is 11.4 Å². The van der Waals surface area contributed by atoms with Gasteiger partial charge in [0, 0.05) is 25.2 Å². The van der Waals surface area contributed by atoms with Crippen LogP contribution in [0.5, 0.6) is 17.2 Å². The summed E-state index contributed by atoms with van der Waals surface area (Å²) < 4.78 is 17.6. The monoisotopic (exact) mass is 292 g/mol. The second-order valence-electron chi connectivity index (χ2n) is 4.46. The summed E-state index contributed by atoms with van der Waals surface area (Å²) in [5.74, 6) is 2.81. The second-order valence-corrected chi connectivity index (χ2v) is 4.46. The van der Waals surface area contributed by atoms with Crippen molar-refractivity contribution in [1.29, 1.82) is 0 Å². The smallest absolute Gasteiger partial charge is 0.164 e. The first-order chi connectivity index (χ1) is 10.2. The Labute approximate surface area is 123 Å². The number of ether oxygens (including phenoxy) is 3. The van der Waals surface area contributed by atoms with Gasteiger partial charge in [0.25, 0.3) is 0 Å². The number of benzene rings is 1. The van der Waals surface area contributed by atoms with Gasteiger partial charge in [-0.2, -0.15) is 5.10 Å². The molecule has 0 fully saturated rings. The highest BCUT2D eigenvalue weighted by Crippen LogP contribution is 2.34. The molecule has 0 aliphatic carbocycles. The molecule has 1 aromatic heterocycles. The number of hydrogen-bond donors (Lipinski definition) is 1. The highest BCUT2D eigenvalue weighted by molar-refractivity contribution is 5.50. The molecule has 0 aliphatic heterocycles. The van der Waals surface area contributed by atoms with E-state index in [4.69, 9.17) is 14.2 Å². The Morgan fingerprint density at radius 3 is 2.24 bits per heavy atom. The maximum absolute atomic E-state index is 5.38. The van der Waals surface area contributed by atoms with Gasteiger partial charge in [-0.25, -0.2) is 4.98 Å². The molecule has 1 N–H and O–H groups in total.